The predicted octanol–water partition coefficient (Wildman–Crippen LogP) is 1.87. The first-order valence-corrected chi connectivity index (χ1v) is 16.7. The molecule has 0 aliphatic carbocycles. The highest BCUT2D eigenvalue weighted by molar-refractivity contribution is 6.99. The Morgan fingerprint density at radius 2 is 0.786 bits per heavy atom. The molecule has 0 heterocycles. The summed E-state index contributed by atoms with van der Waals surface area (Å²) < 4.78 is 13.5. The third-order valence-corrected chi connectivity index (χ3v) is 15.7. The van der Waals surface area contributed by atoms with Crippen LogP contribution in [0.15, 0.2) is 91.0 Å². The Labute approximate surface area is 170 Å². The lowest BCUT2D eigenvalue weighted by Gasteiger charge is -2.40. The van der Waals surface area contributed by atoms with Gasteiger partial charge in [0.1, 0.15) is 0 Å². The van der Waals surface area contributed by atoms with E-state index < -0.39 is 25.5 Å². The van der Waals surface area contributed by atoms with E-state index in [0.29, 0.717) is 0 Å². The number of rotatable bonds is 7. The summed E-state index contributed by atoms with van der Waals surface area (Å²) in [5.74, 6) is 0. The summed E-state index contributed by atoms with van der Waals surface area (Å²) in [7, 11) is -8.28. The van der Waals surface area contributed by atoms with Gasteiger partial charge in [-0.1, -0.05) is 91.0 Å². The summed E-state index contributed by atoms with van der Waals surface area (Å²) in [6, 6.07) is 30.2. The van der Waals surface area contributed by atoms with Gasteiger partial charge in [-0.15, -0.1) is 0 Å². The largest absolute Gasteiger partial charge is 0.418 e. The Hall–Kier alpha value is -1.85. The first kappa shape index (κ1) is 20.9. The number of hydrogen-bond donors (Lipinski definition) is 2. The summed E-state index contributed by atoms with van der Waals surface area (Å²) >= 11 is 0. The Morgan fingerprint density at radius 3 is 1.11 bits per heavy atom. The van der Waals surface area contributed by atoms with Crippen LogP contribution in [0, 0.1) is 0 Å². The molecule has 4 N–H and O–H groups in total. The molecule has 3 aromatic carbocycles. The average Bonchev–Trinajstić information content (AvgIpc) is 2.69. The molecule has 7 heteroatoms. The van der Waals surface area contributed by atoms with Crippen LogP contribution < -0.4 is 26.4 Å². The molecular weight excluding hydrogens is 397 g/mol. The van der Waals surface area contributed by atoms with E-state index in [2.05, 4.69) is 18.7 Å². The molecular formula is C21H28N2O2Si3. The fourth-order valence-electron chi connectivity index (χ4n) is 3.34. The van der Waals surface area contributed by atoms with Crippen LogP contribution in [0.5, 0.6) is 0 Å². The van der Waals surface area contributed by atoms with Crippen LogP contribution in [0.4, 0.5) is 0 Å². The molecule has 0 aromatic heterocycles. The minimum atomic E-state index is -2.89. The van der Waals surface area contributed by atoms with Crippen molar-refractivity contribution in [2.24, 2.45) is 10.8 Å². The van der Waals surface area contributed by atoms with Crippen LogP contribution in [0.3, 0.4) is 0 Å². The van der Waals surface area contributed by atoms with Gasteiger partial charge in [0.2, 0.25) is 0 Å². The molecule has 3 rings (SSSR count). The molecule has 28 heavy (non-hydrogen) atoms. The van der Waals surface area contributed by atoms with Crippen LogP contribution in [-0.4, -0.2) is 25.5 Å². The normalized spacial score (nSPS) is 17.9. The Bertz CT molecular complexity index is 838. The lowest BCUT2D eigenvalue weighted by Crippen LogP contribution is -2.72. The predicted molar refractivity (Wildman–Crippen MR) is 124 cm³/mol. The van der Waals surface area contributed by atoms with Gasteiger partial charge in [0.15, 0.2) is 0 Å². The first-order chi connectivity index (χ1) is 13.2. The molecule has 0 fully saturated rings. The SMILES string of the molecule is C[Si](N)(O[Si](C)(O[Si](C)(N)c1ccccc1)c1ccccc1)c1ccccc1. The first-order valence-electron chi connectivity index (χ1n) is 9.38. The molecule has 0 bridgehead atoms. The van der Waals surface area contributed by atoms with Gasteiger partial charge in [0.25, 0.3) is 17.0 Å². The highest BCUT2D eigenvalue weighted by Crippen LogP contribution is 2.17. The molecule has 0 saturated carbocycles. The fourth-order valence-corrected chi connectivity index (χ4v) is 14.8. The zero-order valence-electron chi connectivity index (χ0n) is 16.6. The molecule has 0 radical (unpaired) electrons. The van der Waals surface area contributed by atoms with E-state index in [-0.39, 0.29) is 0 Å². The van der Waals surface area contributed by atoms with Crippen molar-refractivity contribution >= 4 is 41.1 Å². The minimum Gasteiger partial charge on any atom is -0.418 e. The third-order valence-electron chi connectivity index (χ3n) is 4.81. The lowest BCUT2D eigenvalue weighted by molar-refractivity contribution is 0.405. The summed E-state index contributed by atoms with van der Waals surface area (Å²) in [4.78, 5) is 0. The summed E-state index contributed by atoms with van der Waals surface area (Å²) in [5, 5.41) is 16.6. The monoisotopic (exact) mass is 424 g/mol. The van der Waals surface area contributed by atoms with Gasteiger partial charge in [0.05, 0.1) is 0 Å². The van der Waals surface area contributed by atoms with Gasteiger partial charge in [-0.3, -0.25) is 0 Å². The number of hydrogen-bond acceptors (Lipinski definition) is 4. The van der Waals surface area contributed by atoms with Crippen molar-refractivity contribution in [3.8, 4) is 0 Å². The van der Waals surface area contributed by atoms with Gasteiger partial charge in [-0.05, 0) is 35.2 Å². The lowest BCUT2D eigenvalue weighted by atomic mass is 10.4. The Kier molecular flexibility index (Phi) is 6.16. The molecule has 0 aliphatic rings. The van der Waals surface area contributed by atoms with E-state index in [1.54, 1.807) is 0 Å². The van der Waals surface area contributed by atoms with Crippen LogP contribution in [0.25, 0.3) is 0 Å². The number of benzene rings is 3. The molecule has 0 spiro atoms. The smallest absolute Gasteiger partial charge is 0.350 e. The second-order valence-electron chi connectivity index (χ2n) is 7.46. The van der Waals surface area contributed by atoms with E-state index in [9.17, 15) is 0 Å². The average molecular weight is 425 g/mol. The zero-order valence-corrected chi connectivity index (χ0v) is 19.6. The van der Waals surface area contributed by atoms with Crippen LogP contribution >= 0.6 is 0 Å². The highest BCUT2D eigenvalue weighted by atomic mass is 28.5. The molecule has 2 unspecified atom stereocenters. The topological polar surface area (TPSA) is 70.5 Å². The zero-order chi connectivity index (χ0) is 20.3. The maximum absolute atomic E-state index is 6.77. The van der Waals surface area contributed by atoms with Crippen molar-refractivity contribution in [3.63, 3.8) is 0 Å². The van der Waals surface area contributed by atoms with Crippen molar-refractivity contribution in [1.82, 2.24) is 0 Å². The van der Waals surface area contributed by atoms with Gasteiger partial charge < -0.3 is 19.0 Å². The molecule has 146 valence electrons. The molecule has 3 aromatic rings. The summed E-state index contributed by atoms with van der Waals surface area (Å²) in [5.41, 5.74) is 0. The molecule has 2 atom stereocenters. The maximum atomic E-state index is 6.77. The van der Waals surface area contributed by atoms with Gasteiger partial charge in [-0.2, -0.15) is 0 Å². The fraction of sp³-hybridized carbons (Fsp3) is 0.143. The second-order valence-corrected chi connectivity index (χ2v) is 17.1. The molecule has 0 aliphatic heterocycles. The van der Waals surface area contributed by atoms with Crippen LogP contribution in [0.1, 0.15) is 0 Å². The van der Waals surface area contributed by atoms with Crippen molar-refractivity contribution in [2.75, 3.05) is 0 Å². The third kappa shape index (κ3) is 4.76. The van der Waals surface area contributed by atoms with Gasteiger partial charge in [-0.25, -0.2) is 0 Å². The van der Waals surface area contributed by atoms with E-state index in [0.717, 1.165) is 15.6 Å². The minimum absolute atomic E-state index is 1.04. The number of nitrogens with two attached hydrogens (primary N) is 2. The van der Waals surface area contributed by atoms with Crippen LogP contribution in [0.2, 0.25) is 19.6 Å². The second kappa shape index (κ2) is 8.26. The van der Waals surface area contributed by atoms with Crippen LogP contribution in [-0.2, 0) is 8.23 Å². The van der Waals surface area contributed by atoms with E-state index >= 15 is 0 Å². The van der Waals surface area contributed by atoms with E-state index in [4.69, 9.17) is 19.0 Å². The Morgan fingerprint density at radius 1 is 0.500 bits per heavy atom. The van der Waals surface area contributed by atoms with Crippen molar-refractivity contribution in [2.45, 2.75) is 19.6 Å². The summed E-state index contributed by atoms with van der Waals surface area (Å²) in [6.07, 6.45) is 0. The van der Waals surface area contributed by atoms with Gasteiger partial charge >= 0.3 is 8.56 Å². The molecule has 0 amide bonds. The molecule has 0 saturated heterocycles. The maximum Gasteiger partial charge on any atom is 0.350 e. The Balaban J connectivity index is 1.99. The standard InChI is InChI=1S/C21H28N2O2Si3/c1-26(22,19-13-7-4-8-14-19)24-28(3,21-17-11-6-12-18-21)25-27(2,23)20-15-9-5-10-16-20/h4-18H,22-23H2,1-3H3. The van der Waals surface area contributed by atoms with Crippen molar-refractivity contribution < 1.29 is 8.23 Å². The van der Waals surface area contributed by atoms with Crippen molar-refractivity contribution in [3.05, 3.63) is 91.0 Å². The molecule has 4 nitrogen and oxygen atoms in total. The van der Waals surface area contributed by atoms with Crippen molar-refractivity contribution in [1.29, 1.82) is 0 Å². The van der Waals surface area contributed by atoms with Gasteiger partial charge in [0, 0.05) is 0 Å². The van der Waals surface area contributed by atoms with E-state index in [1.807, 2.05) is 92.0 Å². The highest BCUT2D eigenvalue weighted by Gasteiger charge is 2.47. The quantitative estimate of drug-likeness (QED) is 0.568. The van der Waals surface area contributed by atoms with E-state index in [1.165, 1.54) is 0 Å². The summed E-state index contributed by atoms with van der Waals surface area (Å²) in [6.45, 7) is 6.08.